The number of carbonyl (C=O) groups excluding carboxylic acids is 4. The van der Waals surface area contributed by atoms with Gasteiger partial charge in [-0.15, -0.1) is 0 Å². The maximum absolute atomic E-state index is 12.6. The minimum absolute atomic E-state index is 0.147. The highest BCUT2D eigenvalue weighted by Crippen LogP contribution is 2.04. The van der Waals surface area contributed by atoms with E-state index in [1.54, 1.807) is 13.8 Å². The second kappa shape index (κ2) is 14.6. The summed E-state index contributed by atoms with van der Waals surface area (Å²) in [6.45, 7) is 2.36. The maximum atomic E-state index is 12.6. The van der Waals surface area contributed by atoms with Crippen LogP contribution in [0.1, 0.15) is 33.1 Å². The molecule has 4 unspecified atom stereocenters. The highest BCUT2D eigenvalue weighted by atomic mass is 32.2. The SMILES string of the molecule is CSCCC(N)C(=O)NC(CCC(N)=O)C(=O)NC(CO)C(=O)NC(C(=O)O)C(C)C. The molecule has 0 bridgehead atoms. The zero-order valence-electron chi connectivity index (χ0n) is 17.9. The standard InChI is InChI=1S/C18H33N5O7S/c1-9(2)14(18(29)30)23-17(28)12(8-24)22-16(27)11(4-5-13(20)25)21-15(26)10(19)6-7-31-3/h9-12,14,24H,4-8,19H2,1-3H3,(H2,20,25)(H,21,26)(H,22,27)(H,23,28)(H,29,30). The Hall–Kier alpha value is -2.38. The molecule has 4 atom stereocenters. The summed E-state index contributed by atoms with van der Waals surface area (Å²) in [6.07, 6.45) is 1.85. The smallest absolute Gasteiger partial charge is 0.326 e. The number of rotatable bonds is 15. The van der Waals surface area contributed by atoms with Crippen LogP contribution in [0.25, 0.3) is 0 Å². The van der Waals surface area contributed by atoms with E-state index >= 15 is 0 Å². The zero-order chi connectivity index (χ0) is 24.1. The van der Waals surface area contributed by atoms with Crippen LogP contribution >= 0.6 is 11.8 Å². The van der Waals surface area contributed by atoms with E-state index in [0.717, 1.165) is 0 Å². The van der Waals surface area contributed by atoms with Gasteiger partial charge in [0.2, 0.25) is 23.6 Å². The lowest BCUT2D eigenvalue weighted by atomic mass is 10.0. The number of hydrogen-bond acceptors (Lipinski definition) is 8. The molecule has 31 heavy (non-hydrogen) atoms. The van der Waals surface area contributed by atoms with Gasteiger partial charge in [0.15, 0.2) is 0 Å². The number of aliphatic carboxylic acids is 1. The van der Waals surface area contributed by atoms with E-state index in [0.29, 0.717) is 12.2 Å². The summed E-state index contributed by atoms with van der Waals surface area (Å²) in [5.74, 6) is -4.16. The normalized spacial score (nSPS) is 14.8. The molecule has 0 rings (SSSR count). The van der Waals surface area contributed by atoms with Gasteiger partial charge >= 0.3 is 5.97 Å². The molecule has 4 amide bonds. The van der Waals surface area contributed by atoms with Crippen LogP contribution in [0.3, 0.4) is 0 Å². The van der Waals surface area contributed by atoms with Crippen molar-refractivity contribution in [2.75, 3.05) is 18.6 Å². The van der Waals surface area contributed by atoms with E-state index in [-0.39, 0.29) is 12.8 Å². The van der Waals surface area contributed by atoms with Crippen molar-refractivity contribution < 1.29 is 34.2 Å². The first-order valence-corrected chi connectivity index (χ1v) is 11.1. The molecule has 0 heterocycles. The average Bonchev–Trinajstić information content (AvgIpc) is 2.69. The van der Waals surface area contributed by atoms with Crippen molar-refractivity contribution in [2.24, 2.45) is 17.4 Å². The van der Waals surface area contributed by atoms with Gasteiger partial charge in [0, 0.05) is 6.42 Å². The van der Waals surface area contributed by atoms with Gasteiger partial charge in [-0.2, -0.15) is 11.8 Å². The summed E-state index contributed by atoms with van der Waals surface area (Å²) in [5, 5.41) is 25.6. The van der Waals surface area contributed by atoms with Gasteiger partial charge in [-0.25, -0.2) is 4.79 Å². The largest absolute Gasteiger partial charge is 0.480 e. The van der Waals surface area contributed by atoms with E-state index in [9.17, 15) is 34.2 Å². The van der Waals surface area contributed by atoms with E-state index in [4.69, 9.17) is 11.5 Å². The Morgan fingerprint density at radius 3 is 1.94 bits per heavy atom. The molecule has 0 saturated heterocycles. The third-order valence-corrected chi connectivity index (χ3v) is 4.97. The van der Waals surface area contributed by atoms with Crippen LogP contribution in [0.2, 0.25) is 0 Å². The van der Waals surface area contributed by atoms with Crippen molar-refractivity contribution in [3.05, 3.63) is 0 Å². The number of thioether (sulfide) groups is 1. The minimum Gasteiger partial charge on any atom is -0.480 e. The van der Waals surface area contributed by atoms with Crippen LogP contribution in [0, 0.1) is 5.92 Å². The molecule has 0 fully saturated rings. The summed E-state index contributed by atoms with van der Waals surface area (Å²) >= 11 is 1.50. The number of amides is 4. The molecular formula is C18H33N5O7S. The fraction of sp³-hybridized carbons (Fsp3) is 0.722. The molecule has 0 aliphatic rings. The topological polar surface area (TPSA) is 214 Å². The Bertz CT molecular complexity index is 647. The number of aliphatic hydroxyl groups is 1. The predicted molar refractivity (Wildman–Crippen MR) is 115 cm³/mol. The van der Waals surface area contributed by atoms with E-state index in [1.807, 2.05) is 6.26 Å². The number of nitrogens with two attached hydrogens (primary N) is 2. The summed E-state index contributed by atoms with van der Waals surface area (Å²) in [5.41, 5.74) is 10.9. The van der Waals surface area contributed by atoms with Crippen LogP contribution in [0.4, 0.5) is 0 Å². The summed E-state index contributed by atoms with van der Waals surface area (Å²) < 4.78 is 0. The third-order valence-electron chi connectivity index (χ3n) is 4.33. The highest BCUT2D eigenvalue weighted by molar-refractivity contribution is 7.98. The maximum Gasteiger partial charge on any atom is 0.326 e. The van der Waals surface area contributed by atoms with Crippen molar-refractivity contribution in [1.82, 2.24) is 16.0 Å². The molecule has 0 aromatic rings. The highest BCUT2D eigenvalue weighted by Gasteiger charge is 2.31. The number of nitrogens with one attached hydrogen (secondary N) is 3. The monoisotopic (exact) mass is 463 g/mol. The second-order valence-corrected chi connectivity index (χ2v) is 8.25. The first-order valence-electron chi connectivity index (χ1n) is 9.72. The Morgan fingerprint density at radius 1 is 0.935 bits per heavy atom. The average molecular weight is 464 g/mol. The molecule has 13 heteroatoms. The summed E-state index contributed by atoms with van der Waals surface area (Å²) in [7, 11) is 0. The molecule has 9 N–H and O–H groups in total. The van der Waals surface area contributed by atoms with Crippen molar-refractivity contribution in [2.45, 2.75) is 57.3 Å². The van der Waals surface area contributed by atoms with Gasteiger partial charge in [-0.3, -0.25) is 19.2 Å². The fourth-order valence-corrected chi connectivity index (χ4v) is 2.93. The molecule has 0 aromatic carbocycles. The quantitative estimate of drug-likeness (QED) is 0.137. The Balaban J connectivity index is 5.25. The molecule has 178 valence electrons. The number of carbonyl (C=O) groups is 5. The van der Waals surface area contributed by atoms with Crippen molar-refractivity contribution in [3.8, 4) is 0 Å². The van der Waals surface area contributed by atoms with E-state index in [2.05, 4.69) is 16.0 Å². The molecule has 0 aromatic heterocycles. The van der Waals surface area contributed by atoms with Gasteiger partial charge in [-0.1, -0.05) is 13.8 Å². The van der Waals surface area contributed by atoms with Gasteiger partial charge in [0.05, 0.1) is 12.6 Å². The number of carboxylic acid groups (broad SMARTS) is 1. The van der Waals surface area contributed by atoms with Gasteiger partial charge in [-0.05, 0) is 30.8 Å². The van der Waals surface area contributed by atoms with Crippen LogP contribution < -0.4 is 27.4 Å². The van der Waals surface area contributed by atoms with E-state index < -0.39 is 66.3 Å². The van der Waals surface area contributed by atoms with Gasteiger partial charge in [0.1, 0.15) is 18.1 Å². The summed E-state index contributed by atoms with van der Waals surface area (Å²) in [6, 6.07) is -4.80. The molecule has 0 saturated carbocycles. The lowest BCUT2D eigenvalue weighted by Crippen LogP contribution is -2.58. The first kappa shape index (κ1) is 28.6. The van der Waals surface area contributed by atoms with E-state index in [1.165, 1.54) is 11.8 Å². The Kier molecular flexibility index (Phi) is 13.5. The Labute approximate surface area is 185 Å². The summed E-state index contributed by atoms with van der Waals surface area (Å²) in [4.78, 5) is 59.6. The fourth-order valence-electron chi connectivity index (χ4n) is 2.44. The van der Waals surface area contributed by atoms with Crippen molar-refractivity contribution in [1.29, 1.82) is 0 Å². The molecule has 0 aliphatic heterocycles. The molecule has 0 aliphatic carbocycles. The third kappa shape index (κ3) is 11.0. The predicted octanol–water partition coefficient (Wildman–Crippen LogP) is -2.48. The number of primary amides is 1. The molecule has 12 nitrogen and oxygen atoms in total. The molecule has 0 spiro atoms. The first-order chi connectivity index (χ1) is 14.4. The van der Waals surface area contributed by atoms with Crippen LogP contribution in [0.5, 0.6) is 0 Å². The molecule has 0 radical (unpaired) electrons. The Morgan fingerprint density at radius 2 is 1.48 bits per heavy atom. The lowest BCUT2D eigenvalue weighted by Gasteiger charge is -2.25. The number of carboxylic acids is 1. The lowest BCUT2D eigenvalue weighted by molar-refractivity contribution is -0.143. The van der Waals surface area contributed by atoms with Crippen molar-refractivity contribution >= 4 is 41.4 Å². The van der Waals surface area contributed by atoms with Crippen molar-refractivity contribution in [3.63, 3.8) is 0 Å². The minimum atomic E-state index is -1.47. The molecular weight excluding hydrogens is 430 g/mol. The number of aliphatic hydroxyl groups excluding tert-OH is 1. The second-order valence-electron chi connectivity index (χ2n) is 7.27. The van der Waals surface area contributed by atoms with Crippen LogP contribution in [0.15, 0.2) is 0 Å². The number of hydrogen-bond donors (Lipinski definition) is 7. The van der Waals surface area contributed by atoms with Crippen LogP contribution in [-0.2, 0) is 24.0 Å². The zero-order valence-corrected chi connectivity index (χ0v) is 18.7. The van der Waals surface area contributed by atoms with Gasteiger partial charge in [0.25, 0.3) is 0 Å². The van der Waals surface area contributed by atoms with Gasteiger partial charge < -0.3 is 37.6 Å². The van der Waals surface area contributed by atoms with Crippen LogP contribution in [-0.4, -0.2) is 82.6 Å².